The van der Waals surface area contributed by atoms with E-state index in [1.54, 1.807) is 19.1 Å². The fraction of sp³-hybridized carbons (Fsp3) is 0.136. The van der Waals surface area contributed by atoms with Crippen LogP contribution in [0.15, 0.2) is 66.1 Å². The summed E-state index contributed by atoms with van der Waals surface area (Å²) in [5.74, 6) is -0.388. The number of hydrogen-bond acceptors (Lipinski definition) is 4. The standard InChI is InChI=1S/C22H17Cl2NO3/c1-2-27-22(26)19-18(12-7-9-13(23)10-8-12)16-11-17(24)14-5-3-4-6-15(14)20(16)28-21(19)25/h3-11,18H,2,25H2,1H3/t18-/m1/s1. The maximum absolute atomic E-state index is 12.7. The molecule has 1 aliphatic heterocycles. The third kappa shape index (κ3) is 3.09. The Hall–Kier alpha value is -2.69. The van der Waals surface area contributed by atoms with Gasteiger partial charge in [0, 0.05) is 26.4 Å². The van der Waals surface area contributed by atoms with Gasteiger partial charge in [-0.05, 0) is 30.7 Å². The van der Waals surface area contributed by atoms with E-state index in [9.17, 15) is 4.79 Å². The number of carbonyl (C=O) groups is 1. The lowest BCUT2D eigenvalue weighted by molar-refractivity contribution is -0.139. The Morgan fingerprint density at radius 3 is 2.46 bits per heavy atom. The van der Waals surface area contributed by atoms with Gasteiger partial charge in [-0.15, -0.1) is 0 Å². The summed E-state index contributed by atoms with van der Waals surface area (Å²) in [6.45, 7) is 1.97. The van der Waals surface area contributed by atoms with Gasteiger partial charge in [0.1, 0.15) is 11.3 Å². The molecule has 0 spiro atoms. The topological polar surface area (TPSA) is 61.5 Å². The zero-order valence-corrected chi connectivity index (χ0v) is 16.6. The number of hydrogen-bond donors (Lipinski definition) is 1. The second-order valence-electron chi connectivity index (χ2n) is 6.41. The molecule has 0 aromatic heterocycles. The number of halogens is 2. The minimum Gasteiger partial charge on any atom is -0.462 e. The second kappa shape index (κ2) is 7.38. The van der Waals surface area contributed by atoms with E-state index in [0.717, 1.165) is 21.9 Å². The summed E-state index contributed by atoms with van der Waals surface area (Å²) in [5, 5.41) is 2.85. The van der Waals surface area contributed by atoms with Crippen molar-refractivity contribution >= 4 is 39.9 Å². The molecule has 3 aromatic carbocycles. The van der Waals surface area contributed by atoms with Gasteiger partial charge >= 0.3 is 5.97 Å². The molecule has 0 unspecified atom stereocenters. The molecule has 3 aromatic rings. The van der Waals surface area contributed by atoms with E-state index < -0.39 is 11.9 Å². The monoisotopic (exact) mass is 413 g/mol. The molecule has 0 bridgehead atoms. The van der Waals surface area contributed by atoms with Crippen molar-refractivity contribution in [2.45, 2.75) is 12.8 Å². The molecule has 0 radical (unpaired) electrons. The minimum atomic E-state index is -0.519. The number of esters is 1. The molecular formula is C22H17Cl2NO3. The van der Waals surface area contributed by atoms with Crippen molar-refractivity contribution < 1.29 is 14.3 Å². The lowest BCUT2D eigenvalue weighted by Gasteiger charge is -2.29. The quantitative estimate of drug-likeness (QED) is 0.583. The number of nitrogens with two attached hydrogens (primary N) is 1. The average Bonchev–Trinajstić information content (AvgIpc) is 2.69. The van der Waals surface area contributed by atoms with Crippen LogP contribution in [-0.2, 0) is 9.53 Å². The molecule has 142 valence electrons. The van der Waals surface area contributed by atoms with Crippen LogP contribution in [0, 0.1) is 0 Å². The van der Waals surface area contributed by atoms with Crippen LogP contribution in [0.4, 0.5) is 0 Å². The Morgan fingerprint density at radius 2 is 1.79 bits per heavy atom. The lowest BCUT2D eigenvalue weighted by atomic mass is 9.82. The Balaban J connectivity index is 2.01. The molecule has 0 aliphatic carbocycles. The van der Waals surface area contributed by atoms with Crippen LogP contribution < -0.4 is 10.5 Å². The maximum atomic E-state index is 12.7. The molecule has 2 N–H and O–H groups in total. The summed E-state index contributed by atoms with van der Waals surface area (Å²) in [7, 11) is 0. The van der Waals surface area contributed by atoms with Crippen molar-refractivity contribution in [3.05, 3.63) is 87.2 Å². The number of ether oxygens (including phenoxy) is 2. The van der Waals surface area contributed by atoms with E-state index in [-0.39, 0.29) is 18.1 Å². The van der Waals surface area contributed by atoms with Crippen LogP contribution in [0.2, 0.25) is 10.0 Å². The van der Waals surface area contributed by atoms with Crippen molar-refractivity contribution in [1.82, 2.24) is 0 Å². The van der Waals surface area contributed by atoms with Gasteiger partial charge in [-0.25, -0.2) is 4.79 Å². The van der Waals surface area contributed by atoms with Crippen molar-refractivity contribution in [2.24, 2.45) is 5.73 Å². The summed E-state index contributed by atoms with van der Waals surface area (Å²) in [4.78, 5) is 12.7. The zero-order valence-electron chi connectivity index (χ0n) is 15.0. The molecule has 0 saturated carbocycles. The fourth-order valence-corrected chi connectivity index (χ4v) is 3.95. The Kier molecular flexibility index (Phi) is 4.92. The summed E-state index contributed by atoms with van der Waals surface area (Å²) < 4.78 is 11.2. The first kappa shape index (κ1) is 18.7. The SMILES string of the molecule is CCOC(=O)C1=C(N)Oc2c(cc(Cl)c3ccccc23)[C@H]1c1ccc(Cl)cc1. The fourth-order valence-electron chi connectivity index (χ4n) is 3.54. The van der Waals surface area contributed by atoms with Crippen molar-refractivity contribution in [3.8, 4) is 5.75 Å². The van der Waals surface area contributed by atoms with Crippen LogP contribution in [0.3, 0.4) is 0 Å². The third-order valence-corrected chi connectivity index (χ3v) is 5.31. The van der Waals surface area contributed by atoms with Crippen LogP contribution >= 0.6 is 23.2 Å². The maximum Gasteiger partial charge on any atom is 0.340 e. The highest BCUT2D eigenvalue weighted by molar-refractivity contribution is 6.36. The Morgan fingerprint density at radius 1 is 1.11 bits per heavy atom. The molecule has 0 amide bonds. The summed E-state index contributed by atoms with van der Waals surface area (Å²) in [6.07, 6.45) is 0. The molecule has 1 atom stereocenters. The summed E-state index contributed by atoms with van der Waals surface area (Å²) >= 11 is 12.6. The van der Waals surface area contributed by atoms with Gasteiger partial charge in [0.15, 0.2) is 0 Å². The van der Waals surface area contributed by atoms with E-state index in [2.05, 4.69) is 0 Å². The van der Waals surface area contributed by atoms with Crippen LogP contribution in [0.1, 0.15) is 24.0 Å². The molecule has 1 aliphatic rings. The van der Waals surface area contributed by atoms with E-state index in [1.807, 2.05) is 42.5 Å². The lowest BCUT2D eigenvalue weighted by Crippen LogP contribution is -2.27. The van der Waals surface area contributed by atoms with Gasteiger partial charge in [-0.3, -0.25) is 0 Å². The molecule has 1 heterocycles. The normalized spacial score (nSPS) is 15.9. The highest BCUT2D eigenvalue weighted by atomic mass is 35.5. The predicted molar refractivity (Wildman–Crippen MR) is 111 cm³/mol. The highest BCUT2D eigenvalue weighted by Crippen LogP contribution is 2.47. The predicted octanol–water partition coefficient (Wildman–Crippen LogP) is 5.40. The van der Waals surface area contributed by atoms with E-state index in [1.165, 1.54) is 0 Å². The first-order valence-corrected chi connectivity index (χ1v) is 9.58. The molecule has 6 heteroatoms. The van der Waals surface area contributed by atoms with Crippen molar-refractivity contribution in [2.75, 3.05) is 6.61 Å². The number of benzene rings is 3. The largest absolute Gasteiger partial charge is 0.462 e. The zero-order chi connectivity index (χ0) is 19.8. The highest BCUT2D eigenvalue weighted by Gasteiger charge is 2.36. The van der Waals surface area contributed by atoms with Gasteiger partial charge in [0.05, 0.1) is 12.5 Å². The van der Waals surface area contributed by atoms with Crippen LogP contribution in [0.5, 0.6) is 5.75 Å². The molecule has 4 rings (SSSR count). The molecular weight excluding hydrogens is 397 g/mol. The summed E-state index contributed by atoms with van der Waals surface area (Å²) in [6, 6.07) is 16.7. The number of fused-ring (bicyclic) bond motifs is 3. The first-order chi connectivity index (χ1) is 13.5. The van der Waals surface area contributed by atoms with Crippen molar-refractivity contribution in [3.63, 3.8) is 0 Å². The Labute approximate surface area is 172 Å². The van der Waals surface area contributed by atoms with Gasteiger partial charge < -0.3 is 15.2 Å². The Bertz CT molecular complexity index is 1110. The molecule has 28 heavy (non-hydrogen) atoms. The second-order valence-corrected chi connectivity index (χ2v) is 7.25. The van der Waals surface area contributed by atoms with Crippen LogP contribution in [-0.4, -0.2) is 12.6 Å². The molecule has 4 nitrogen and oxygen atoms in total. The average molecular weight is 414 g/mol. The van der Waals surface area contributed by atoms with Crippen molar-refractivity contribution in [1.29, 1.82) is 0 Å². The smallest absolute Gasteiger partial charge is 0.340 e. The first-order valence-electron chi connectivity index (χ1n) is 8.82. The van der Waals surface area contributed by atoms with Gasteiger partial charge in [0.2, 0.25) is 5.88 Å². The van der Waals surface area contributed by atoms with E-state index >= 15 is 0 Å². The van der Waals surface area contributed by atoms with Gasteiger partial charge in [0.25, 0.3) is 0 Å². The van der Waals surface area contributed by atoms with E-state index in [0.29, 0.717) is 15.8 Å². The molecule has 0 saturated heterocycles. The third-order valence-electron chi connectivity index (χ3n) is 4.75. The minimum absolute atomic E-state index is 0.0263. The molecule has 0 fully saturated rings. The van der Waals surface area contributed by atoms with Gasteiger partial charge in [-0.2, -0.15) is 0 Å². The number of rotatable bonds is 3. The van der Waals surface area contributed by atoms with Crippen LogP contribution in [0.25, 0.3) is 10.8 Å². The number of carbonyl (C=O) groups excluding carboxylic acids is 1. The van der Waals surface area contributed by atoms with E-state index in [4.69, 9.17) is 38.4 Å². The van der Waals surface area contributed by atoms with Gasteiger partial charge in [-0.1, -0.05) is 59.6 Å². The summed E-state index contributed by atoms with van der Waals surface area (Å²) in [5.41, 5.74) is 8.05.